The first-order valence-corrected chi connectivity index (χ1v) is 5.85. The molecule has 1 rings (SSSR count). The molecule has 0 spiro atoms. The van der Waals surface area contributed by atoms with Gasteiger partial charge in [0.15, 0.2) is 0 Å². The van der Waals surface area contributed by atoms with E-state index in [2.05, 4.69) is 45.9 Å². The zero-order valence-electron chi connectivity index (χ0n) is 10.3. The highest BCUT2D eigenvalue weighted by Gasteiger charge is 2.01. The smallest absolute Gasteiger partial charge is 0.119 e. The number of ether oxygens (including phenoxy) is 1. The Kier molecular flexibility index (Phi) is 4.67. The zero-order valence-corrected chi connectivity index (χ0v) is 10.3. The maximum atomic E-state index is 5.68. The Balaban J connectivity index is 2.64. The van der Waals surface area contributed by atoms with Crippen LogP contribution in [0.2, 0.25) is 0 Å². The van der Waals surface area contributed by atoms with Gasteiger partial charge in [-0.1, -0.05) is 33.3 Å². The van der Waals surface area contributed by atoms with E-state index in [0.29, 0.717) is 5.92 Å². The summed E-state index contributed by atoms with van der Waals surface area (Å²) < 4.78 is 5.68. The van der Waals surface area contributed by atoms with E-state index in [0.717, 1.165) is 18.8 Å². The Morgan fingerprint density at radius 3 is 2.53 bits per heavy atom. The lowest BCUT2D eigenvalue weighted by Crippen LogP contribution is -2.04. The van der Waals surface area contributed by atoms with E-state index < -0.39 is 0 Å². The normalized spacial score (nSPS) is 10.7. The molecule has 1 nitrogen and oxygen atoms in total. The van der Waals surface area contributed by atoms with E-state index in [1.165, 1.54) is 17.5 Å². The molecule has 15 heavy (non-hydrogen) atoms. The monoisotopic (exact) mass is 206 g/mol. The predicted molar refractivity (Wildman–Crippen MR) is 65.5 cm³/mol. The van der Waals surface area contributed by atoms with Crippen molar-refractivity contribution in [1.82, 2.24) is 0 Å². The number of hydrogen-bond acceptors (Lipinski definition) is 1. The van der Waals surface area contributed by atoms with Crippen LogP contribution >= 0.6 is 0 Å². The first-order chi connectivity index (χ1) is 7.13. The average molecular weight is 206 g/mol. The first-order valence-electron chi connectivity index (χ1n) is 5.85. The molecular weight excluding hydrogens is 184 g/mol. The van der Waals surface area contributed by atoms with Crippen LogP contribution in [-0.2, 0) is 6.42 Å². The molecule has 0 saturated heterocycles. The fourth-order valence-corrected chi connectivity index (χ4v) is 1.57. The van der Waals surface area contributed by atoms with Crippen LogP contribution in [0, 0.1) is 12.8 Å². The minimum absolute atomic E-state index is 0.584. The van der Waals surface area contributed by atoms with E-state index in [1.54, 1.807) is 0 Å². The molecule has 0 atom stereocenters. The van der Waals surface area contributed by atoms with Crippen molar-refractivity contribution in [2.75, 3.05) is 6.61 Å². The Hall–Kier alpha value is -0.980. The van der Waals surface area contributed by atoms with Gasteiger partial charge in [-0.25, -0.2) is 0 Å². The Morgan fingerprint density at radius 1 is 1.27 bits per heavy atom. The summed E-state index contributed by atoms with van der Waals surface area (Å²) in [6.45, 7) is 9.50. The van der Waals surface area contributed by atoms with Crippen molar-refractivity contribution in [1.29, 1.82) is 0 Å². The summed E-state index contributed by atoms with van der Waals surface area (Å²) in [4.78, 5) is 0. The number of benzene rings is 1. The summed E-state index contributed by atoms with van der Waals surface area (Å²) in [6.07, 6.45) is 2.36. The molecule has 1 aromatic rings. The highest BCUT2D eigenvalue weighted by Crippen LogP contribution is 2.18. The molecule has 0 heterocycles. The van der Waals surface area contributed by atoms with Gasteiger partial charge in [-0.05, 0) is 42.5 Å². The summed E-state index contributed by atoms with van der Waals surface area (Å²) in [5.41, 5.74) is 2.78. The van der Waals surface area contributed by atoms with Crippen LogP contribution in [0.25, 0.3) is 0 Å². The van der Waals surface area contributed by atoms with Gasteiger partial charge in [0.2, 0.25) is 0 Å². The highest BCUT2D eigenvalue weighted by molar-refractivity contribution is 5.34. The van der Waals surface area contributed by atoms with E-state index in [9.17, 15) is 0 Å². The van der Waals surface area contributed by atoms with Crippen LogP contribution in [0.15, 0.2) is 18.2 Å². The molecule has 0 N–H and O–H groups in total. The second-order valence-corrected chi connectivity index (χ2v) is 4.54. The number of rotatable bonds is 5. The molecule has 0 unspecified atom stereocenters. The summed E-state index contributed by atoms with van der Waals surface area (Å²) in [7, 11) is 0. The fourth-order valence-electron chi connectivity index (χ4n) is 1.57. The summed E-state index contributed by atoms with van der Waals surface area (Å²) in [6, 6.07) is 6.42. The molecule has 0 saturated carbocycles. The van der Waals surface area contributed by atoms with Crippen molar-refractivity contribution in [3.8, 4) is 5.75 Å². The van der Waals surface area contributed by atoms with Crippen LogP contribution < -0.4 is 4.74 Å². The van der Waals surface area contributed by atoms with E-state index >= 15 is 0 Å². The minimum Gasteiger partial charge on any atom is -0.493 e. The SMILES string of the molecule is CCCc1ccc(OCC(C)C)cc1C. The average Bonchev–Trinajstić information content (AvgIpc) is 2.19. The van der Waals surface area contributed by atoms with Crippen molar-refractivity contribution >= 4 is 0 Å². The lowest BCUT2D eigenvalue weighted by molar-refractivity contribution is 0.271. The van der Waals surface area contributed by atoms with Crippen molar-refractivity contribution in [2.45, 2.75) is 40.5 Å². The van der Waals surface area contributed by atoms with Crippen molar-refractivity contribution < 1.29 is 4.74 Å². The summed E-state index contributed by atoms with van der Waals surface area (Å²) in [5.74, 6) is 1.58. The van der Waals surface area contributed by atoms with Crippen LogP contribution in [-0.4, -0.2) is 6.61 Å². The lowest BCUT2D eigenvalue weighted by Gasteiger charge is -2.11. The second kappa shape index (κ2) is 5.79. The molecule has 84 valence electrons. The second-order valence-electron chi connectivity index (χ2n) is 4.54. The summed E-state index contributed by atoms with van der Waals surface area (Å²) in [5, 5.41) is 0. The predicted octanol–water partition coefficient (Wildman–Crippen LogP) is 3.98. The van der Waals surface area contributed by atoms with E-state index in [-0.39, 0.29) is 0 Å². The Bertz CT molecular complexity index is 302. The van der Waals surface area contributed by atoms with Crippen molar-refractivity contribution in [3.63, 3.8) is 0 Å². The molecule has 0 radical (unpaired) electrons. The molecule has 0 aliphatic rings. The van der Waals surface area contributed by atoms with E-state index in [1.807, 2.05) is 0 Å². The first kappa shape index (κ1) is 12.1. The molecule has 0 amide bonds. The van der Waals surface area contributed by atoms with Gasteiger partial charge in [0.05, 0.1) is 6.61 Å². The van der Waals surface area contributed by atoms with Crippen LogP contribution in [0.1, 0.15) is 38.3 Å². The molecule has 0 aliphatic carbocycles. The minimum atomic E-state index is 0.584. The quantitative estimate of drug-likeness (QED) is 0.708. The van der Waals surface area contributed by atoms with E-state index in [4.69, 9.17) is 4.74 Å². The molecule has 1 heteroatoms. The van der Waals surface area contributed by atoms with Crippen molar-refractivity contribution in [3.05, 3.63) is 29.3 Å². The fraction of sp³-hybridized carbons (Fsp3) is 0.571. The van der Waals surface area contributed by atoms with Crippen LogP contribution in [0.4, 0.5) is 0 Å². The molecule has 0 fully saturated rings. The molecule has 1 aromatic carbocycles. The van der Waals surface area contributed by atoms with Crippen LogP contribution in [0.5, 0.6) is 5.75 Å². The molecule has 0 aliphatic heterocycles. The van der Waals surface area contributed by atoms with Crippen molar-refractivity contribution in [2.24, 2.45) is 5.92 Å². The molecule has 0 aromatic heterocycles. The molecular formula is C14H22O. The number of hydrogen-bond donors (Lipinski definition) is 0. The van der Waals surface area contributed by atoms with Gasteiger partial charge in [-0.2, -0.15) is 0 Å². The largest absolute Gasteiger partial charge is 0.493 e. The maximum Gasteiger partial charge on any atom is 0.119 e. The van der Waals surface area contributed by atoms with Gasteiger partial charge in [0, 0.05) is 0 Å². The number of aryl methyl sites for hydroxylation is 2. The summed E-state index contributed by atoms with van der Waals surface area (Å²) >= 11 is 0. The van der Waals surface area contributed by atoms with Gasteiger partial charge in [0.25, 0.3) is 0 Å². The van der Waals surface area contributed by atoms with Gasteiger partial charge in [0.1, 0.15) is 5.75 Å². The third-order valence-corrected chi connectivity index (χ3v) is 2.42. The van der Waals surface area contributed by atoms with Gasteiger partial charge in [-0.3, -0.25) is 0 Å². The third-order valence-electron chi connectivity index (χ3n) is 2.42. The van der Waals surface area contributed by atoms with Crippen LogP contribution in [0.3, 0.4) is 0 Å². The maximum absolute atomic E-state index is 5.68. The zero-order chi connectivity index (χ0) is 11.3. The topological polar surface area (TPSA) is 9.23 Å². The van der Waals surface area contributed by atoms with Gasteiger partial charge in [-0.15, -0.1) is 0 Å². The Labute approximate surface area is 93.5 Å². The Morgan fingerprint density at radius 2 is 2.00 bits per heavy atom. The highest BCUT2D eigenvalue weighted by atomic mass is 16.5. The standard InChI is InChI=1S/C14H22O/c1-5-6-13-7-8-14(9-12(13)4)15-10-11(2)3/h7-9,11H,5-6,10H2,1-4H3. The third kappa shape index (κ3) is 3.94. The van der Waals surface area contributed by atoms with Gasteiger partial charge < -0.3 is 4.74 Å². The molecule has 0 bridgehead atoms. The van der Waals surface area contributed by atoms with Gasteiger partial charge >= 0.3 is 0 Å². The lowest BCUT2D eigenvalue weighted by atomic mass is 10.0.